The number of Topliss-reactive ketones (excluding diaryl/α,β-unsaturated/α-hetero) is 1. The maximum Gasteiger partial charge on any atom is 0.399 e. The minimum atomic E-state index is -5.92. The number of ketones is 1. The Hall–Kier alpha value is -8.51. The summed E-state index contributed by atoms with van der Waals surface area (Å²) in [4.78, 5) is 150. The number of imide groups is 1. The Bertz CT molecular complexity index is 3600. The Labute approximate surface area is 488 Å². The Morgan fingerprint density at radius 1 is 0.882 bits per heavy atom. The normalized spacial score (nSPS) is 18.2. The van der Waals surface area contributed by atoms with Gasteiger partial charge < -0.3 is 36.0 Å². The number of nitrogens with two attached hydrogens (primary N) is 1. The van der Waals surface area contributed by atoms with Crippen molar-refractivity contribution in [3.63, 3.8) is 0 Å². The molecule has 444 valence electrons. The molecule has 7 N–H and O–H groups in total. The highest BCUT2D eigenvalue weighted by Gasteiger charge is 2.51. The van der Waals surface area contributed by atoms with Gasteiger partial charge in [-0.25, -0.2) is 0 Å². The van der Waals surface area contributed by atoms with Gasteiger partial charge in [-0.3, -0.25) is 62.9 Å². The SMILES string of the molecule is CC(C)C[C@H](NC(=O)c1cnc2ccc(C(F)(F)P(=O)(O)O)cc2c1)C(=O)N1c2ccccc2C[C@H]1C(=O)N[C@@H](CCC(N)=O)C(=O)C[C@H](C(=O)N1CCC(CCC#Cc2cccc3c2CN(C2CCC(=O)NC2=O)C3=O)CC1)c1ccccc1. The van der Waals surface area contributed by atoms with Gasteiger partial charge in [0.2, 0.25) is 35.4 Å². The number of benzene rings is 4. The minimum absolute atomic E-state index is 0.000648. The zero-order valence-electron chi connectivity index (χ0n) is 46.8. The van der Waals surface area contributed by atoms with Crippen LogP contribution in [0.4, 0.5) is 14.5 Å². The van der Waals surface area contributed by atoms with Gasteiger partial charge in [0.1, 0.15) is 18.1 Å². The number of hydrogen-bond acceptors (Lipinski definition) is 11. The van der Waals surface area contributed by atoms with Crippen LogP contribution in [0.1, 0.15) is 133 Å². The van der Waals surface area contributed by atoms with Crippen LogP contribution in [-0.2, 0) is 56.8 Å². The number of primary amides is 1. The largest absolute Gasteiger partial charge is 0.399 e. The summed E-state index contributed by atoms with van der Waals surface area (Å²) in [6, 6.07) is 20.2. The van der Waals surface area contributed by atoms with E-state index in [1.165, 1.54) is 15.9 Å². The molecule has 8 amide bonds. The van der Waals surface area contributed by atoms with Crippen LogP contribution in [0.3, 0.4) is 0 Å². The van der Waals surface area contributed by atoms with Gasteiger partial charge in [-0.15, -0.1) is 0 Å². The molecule has 0 aliphatic carbocycles. The number of amides is 8. The summed E-state index contributed by atoms with van der Waals surface area (Å²) in [6.45, 7) is 4.65. The second-order valence-electron chi connectivity index (χ2n) is 22.5. The summed E-state index contributed by atoms with van der Waals surface area (Å²) < 4.78 is 41.1. The van der Waals surface area contributed by atoms with E-state index >= 15 is 0 Å². The maximum atomic E-state index is 15.0. The number of hydrogen-bond donors (Lipinski definition) is 6. The Kier molecular flexibility index (Phi) is 18.5. The molecule has 0 spiro atoms. The van der Waals surface area contributed by atoms with Gasteiger partial charge in [-0.1, -0.05) is 86.4 Å². The van der Waals surface area contributed by atoms with E-state index in [2.05, 4.69) is 32.8 Å². The highest BCUT2D eigenvalue weighted by molar-refractivity contribution is 7.52. The highest BCUT2D eigenvalue weighted by Crippen LogP contribution is 2.59. The van der Waals surface area contributed by atoms with Gasteiger partial charge >= 0.3 is 13.3 Å². The number of carbonyl (C=O) groups is 9. The average Bonchev–Trinajstić information content (AvgIpc) is 2.16. The van der Waals surface area contributed by atoms with Gasteiger partial charge in [0.05, 0.1) is 23.0 Å². The van der Waals surface area contributed by atoms with Crippen molar-refractivity contribution < 1.29 is 66.3 Å². The molecule has 20 nitrogen and oxygen atoms in total. The van der Waals surface area contributed by atoms with Crippen LogP contribution in [0.5, 0.6) is 0 Å². The van der Waals surface area contributed by atoms with Crippen molar-refractivity contribution in [1.82, 2.24) is 30.7 Å². The van der Waals surface area contributed by atoms with E-state index in [0.29, 0.717) is 60.3 Å². The lowest BCUT2D eigenvalue weighted by molar-refractivity contribution is -0.137. The summed E-state index contributed by atoms with van der Waals surface area (Å²) in [5.41, 5.74) is 3.50. The first-order valence-corrected chi connectivity index (χ1v) is 29.9. The molecule has 85 heavy (non-hydrogen) atoms. The van der Waals surface area contributed by atoms with Crippen molar-refractivity contribution in [3.05, 3.63) is 142 Å². The third-order valence-electron chi connectivity index (χ3n) is 16.2. The number of pyridine rings is 1. The fraction of sp³-hybridized carbons (Fsp3) is 0.387. The van der Waals surface area contributed by atoms with Gasteiger partial charge in [-0.05, 0) is 103 Å². The molecule has 9 rings (SSSR count). The number of alkyl halides is 2. The first kappa shape index (κ1) is 61.1. The minimum Gasteiger partial charge on any atom is -0.370 e. The van der Waals surface area contributed by atoms with Crippen molar-refractivity contribution in [1.29, 1.82) is 0 Å². The Balaban J connectivity index is 0.864. The summed E-state index contributed by atoms with van der Waals surface area (Å²) in [5, 5.41) is 7.81. The van der Waals surface area contributed by atoms with Crippen LogP contribution < -0.4 is 26.6 Å². The molecule has 1 aromatic heterocycles. The monoisotopic (exact) mass is 1180 g/mol. The number of halogens is 2. The van der Waals surface area contributed by atoms with Crippen molar-refractivity contribution in [3.8, 4) is 11.8 Å². The lowest BCUT2D eigenvalue weighted by Gasteiger charge is -2.34. The van der Waals surface area contributed by atoms with Gasteiger partial charge in [0.15, 0.2) is 5.78 Å². The van der Waals surface area contributed by atoms with E-state index in [1.807, 2.05) is 19.9 Å². The number of rotatable bonds is 20. The fourth-order valence-electron chi connectivity index (χ4n) is 11.6. The standard InChI is InChI=1S/C62H65F2N8O12P/c1-36(2)29-49(68-56(76)42-30-41-31-43(19-20-47(41)66-34-42)62(63,64)85(82,83)84)61(81)72-50-18-9-8-15-40(50)32-52(72)58(78)67-48(21-23-54(65)74)53(73)33-45(38-12-4-3-5-13-38)59(79)70-27-25-37(26-28-70)11-6-7-14-39-16-10-17-44-46(39)35-71(60(44)80)51-22-24-55(75)69-57(51)77/h3-5,8-10,12-13,15-20,30-31,34,36-37,45,48-49,51-52H,6,11,21-29,32-33,35H2,1-2H3,(H2,65,74)(H,67,78)(H,68,76)(H,69,75,77)(H2,82,83,84)/t45-,48-,49-,51?,52-/m0/s1. The van der Waals surface area contributed by atoms with E-state index in [0.717, 1.165) is 36.4 Å². The number of nitrogens with one attached hydrogen (secondary N) is 3. The third-order valence-corrected chi connectivity index (χ3v) is 17.2. The number of piperidine rings is 2. The lowest BCUT2D eigenvalue weighted by Crippen LogP contribution is -2.57. The Morgan fingerprint density at radius 3 is 2.32 bits per heavy atom. The molecule has 4 aromatic carbocycles. The molecule has 0 bridgehead atoms. The molecule has 1 unspecified atom stereocenters. The van der Waals surface area contributed by atoms with Crippen LogP contribution in [0, 0.1) is 23.7 Å². The van der Waals surface area contributed by atoms with E-state index < -0.39 is 84.2 Å². The number of carbonyl (C=O) groups excluding carboxylic acids is 9. The summed E-state index contributed by atoms with van der Waals surface area (Å²) in [6.07, 6.45) is 3.41. The van der Waals surface area contributed by atoms with Crippen LogP contribution in [-0.4, -0.2) is 115 Å². The maximum absolute atomic E-state index is 15.0. The number of para-hydroxylation sites is 1. The number of nitrogens with zero attached hydrogens (tertiary/aromatic N) is 4. The second kappa shape index (κ2) is 25.8. The van der Waals surface area contributed by atoms with Crippen molar-refractivity contribution >= 4 is 77.2 Å². The first-order chi connectivity index (χ1) is 40.5. The topological polar surface area (TPSA) is 296 Å². The second-order valence-corrected chi connectivity index (χ2v) is 24.1. The van der Waals surface area contributed by atoms with E-state index in [4.69, 9.17) is 5.73 Å². The highest BCUT2D eigenvalue weighted by atomic mass is 31.2. The van der Waals surface area contributed by atoms with E-state index in [1.54, 1.807) is 71.6 Å². The van der Waals surface area contributed by atoms with Crippen LogP contribution in [0.2, 0.25) is 0 Å². The molecule has 2 saturated heterocycles. The van der Waals surface area contributed by atoms with E-state index in [9.17, 15) is 66.3 Å². The predicted octanol–water partition coefficient (Wildman–Crippen LogP) is 5.89. The summed E-state index contributed by atoms with van der Waals surface area (Å²) in [7, 11) is -5.92. The van der Waals surface area contributed by atoms with Gasteiger partial charge in [-0.2, -0.15) is 8.78 Å². The Morgan fingerprint density at radius 2 is 1.61 bits per heavy atom. The van der Waals surface area contributed by atoms with Gasteiger partial charge in [0.25, 0.3) is 11.8 Å². The molecular formula is C62H65F2N8O12P. The fourth-order valence-corrected chi connectivity index (χ4v) is 12.1. The zero-order chi connectivity index (χ0) is 60.9. The van der Waals surface area contributed by atoms with Gasteiger partial charge in [0, 0.05) is 85.7 Å². The smallest absolute Gasteiger partial charge is 0.370 e. The number of aromatic nitrogens is 1. The summed E-state index contributed by atoms with van der Waals surface area (Å²) in [5.74, 6) is 0.560. The molecule has 5 heterocycles. The molecular weight excluding hydrogens is 1120 g/mol. The third kappa shape index (κ3) is 13.7. The molecule has 5 atom stereocenters. The molecule has 4 aliphatic heterocycles. The molecule has 0 saturated carbocycles. The molecule has 0 radical (unpaired) electrons. The van der Waals surface area contributed by atoms with E-state index in [-0.39, 0.29) is 97.5 Å². The number of anilines is 1. The number of likely N-dealkylation sites (tertiary alicyclic amines) is 1. The molecule has 23 heteroatoms. The lowest BCUT2D eigenvalue weighted by atomic mass is 9.87. The average molecular weight is 1180 g/mol. The van der Waals surface area contributed by atoms with Crippen molar-refractivity contribution in [2.24, 2.45) is 17.6 Å². The van der Waals surface area contributed by atoms with Crippen LogP contribution >= 0.6 is 7.60 Å². The molecule has 5 aromatic rings. The predicted molar refractivity (Wildman–Crippen MR) is 307 cm³/mol. The van der Waals surface area contributed by atoms with Crippen LogP contribution in [0.15, 0.2) is 103 Å². The molecule has 2 fully saturated rings. The number of fused-ring (bicyclic) bond motifs is 3. The first-order valence-electron chi connectivity index (χ1n) is 28.2. The quantitative estimate of drug-likeness (QED) is 0.0302. The molecule has 4 aliphatic rings. The zero-order valence-corrected chi connectivity index (χ0v) is 47.7. The van der Waals surface area contributed by atoms with Crippen molar-refractivity contribution in [2.45, 2.75) is 127 Å². The summed E-state index contributed by atoms with van der Waals surface area (Å²) >= 11 is 0. The van der Waals surface area contributed by atoms with Crippen molar-refractivity contribution in [2.75, 3.05) is 18.0 Å². The van der Waals surface area contributed by atoms with Crippen LogP contribution in [0.25, 0.3) is 10.9 Å².